The monoisotopic (exact) mass is 338 g/mol. The zero-order valence-corrected chi connectivity index (χ0v) is 14.0. The highest BCUT2D eigenvalue weighted by Gasteiger charge is 2.17. The fourth-order valence-corrected chi connectivity index (χ4v) is 3.09. The van der Waals surface area contributed by atoms with E-state index in [9.17, 15) is 9.59 Å². The summed E-state index contributed by atoms with van der Waals surface area (Å²) in [7, 11) is 0. The number of aromatic nitrogens is 2. The van der Waals surface area contributed by atoms with Crippen molar-refractivity contribution in [2.45, 2.75) is 50.2 Å². The topological polar surface area (TPSA) is 107 Å². The molecule has 1 aromatic rings. The van der Waals surface area contributed by atoms with Gasteiger partial charge >= 0.3 is 5.97 Å². The fourth-order valence-electron chi connectivity index (χ4n) is 2.46. The van der Waals surface area contributed by atoms with E-state index in [1.54, 1.807) is 6.92 Å². The van der Waals surface area contributed by atoms with Gasteiger partial charge in [-0.1, -0.05) is 31.0 Å². The van der Waals surface area contributed by atoms with Crippen molar-refractivity contribution in [3.05, 3.63) is 11.8 Å². The van der Waals surface area contributed by atoms with E-state index >= 15 is 0 Å². The number of amides is 1. The summed E-state index contributed by atoms with van der Waals surface area (Å²) in [5, 5.41) is 3.40. The van der Waals surface area contributed by atoms with E-state index < -0.39 is 5.97 Å². The fraction of sp³-hybridized carbons (Fsp3) is 0.600. The van der Waals surface area contributed by atoms with E-state index in [0.717, 1.165) is 12.8 Å². The highest BCUT2D eigenvalue weighted by molar-refractivity contribution is 7.99. The van der Waals surface area contributed by atoms with Gasteiger partial charge in [0, 0.05) is 12.2 Å². The van der Waals surface area contributed by atoms with Crippen molar-refractivity contribution in [2.24, 2.45) is 0 Å². The molecule has 1 saturated carbocycles. The smallest absolute Gasteiger partial charge is 0.343 e. The predicted octanol–water partition coefficient (Wildman–Crippen LogP) is 1.78. The summed E-state index contributed by atoms with van der Waals surface area (Å²) in [6.07, 6.45) is 7.03. The van der Waals surface area contributed by atoms with Crippen LogP contribution in [0.5, 0.6) is 0 Å². The molecule has 126 valence electrons. The van der Waals surface area contributed by atoms with Crippen LogP contribution in [-0.2, 0) is 9.53 Å². The number of hydrogen-bond donors (Lipinski definition) is 2. The van der Waals surface area contributed by atoms with Crippen LogP contribution in [-0.4, -0.2) is 40.2 Å². The van der Waals surface area contributed by atoms with E-state index in [2.05, 4.69) is 15.3 Å². The van der Waals surface area contributed by atoms with Gasteiger partial charge in [-0.15, -0.1) is 0 Å². The Morgan fingerprint density at radius 2 is 2.13 bits per heavy atom. The van der Waals surface area contributed by atoms with E-state index in [0.29, 0.717) is 5.16 Å². The first-order valence-electron chi connectivity index (χ1n) is 7.82. The van der Waals surface area contributed by atoms with Crippen molar-refractivity contribution in [2.75, 3.05) is 18.1 Å². The van der Waals surface area contributed by atoms with Crippen LogP contribution in [0.4, 0.5) is 5.82 Å². The number of esters is 1. The molecule has 1 fully saturated rings. The molecule has 1 aliphatic carbocycles. The van der Waals surface area contributed by atoms with Crippen LogP contribution in [0.2, 0.25) is 0 Å². The third-order valence-corrected chi connectivity index (χ3v) is 4.46. The molecule has 0 aliphatic heterocycles. The van der Waals surface area contributed by atoms with Gasteiger partial charge in [-0.3, -0.25) is 4.79 Å². The van der Waals surface area contributed by atoms with E-state index in [-0.39, 0.29) is 35.7 Å². The minimum absolute atomic E-state index is 0.0291. The van der Waals surface area contributed by atoms with Crippen molar-refractivity contribution in [1.82, 2.24) is 15.3 Å². The Kier molecular flexibility index (Phi) is 6.64. The van der Waals surface area contributed by atoms with Crippen LogP contribution in [0.25, 0.3) is 0 Å². The van der Waals surface area contributed by atoms with Crippen LogP contribution >= 0.6 is 11.8 Å². The van der Waals surface area contributed by atoms with Crippen molar-refractivity contribution >= 4 is 29.5 Å². The Balaban J connectivity index is 1.84. The van der Waals surface area contributed by atoms with Crippen molar-refractivity contribution < 1.29 is 14.3 Å². The number of nitrogens with two attached hydrogens (primary N) is 1. The molecule has 1 aliphatic rings. The zero-order chi connectivity index (χ0) is 16.7. The maximum absolute atomic E-state index is 11.9. The number of anilines is 1. The van der Waals surface area contributed by atoms with E-state index in [1.165, 1.54) is 37.2 Å². The SMILES string of the molecule is CCOC(=O)c1cnc(SCC(=O)NC2CCCCC2)nc1N. The summed E-state index contributed by atoms with van der Waals surface area (Å²) >= 11 is 1.20. The third-order valence-electron chi connectivity index (χ3n) is 3.59. The zero-order valence-electron chi connectivity index (χ0n) is 13.2. The second kappa shape index (κ2) is 8.71. The number of hydrogen-bond acceptors (Lipinski definition) is 7. The number of nitrogens with one attached hydrogen (secondary N) is 1. The molecular formula is C15H22N4O3S. The lowest BCUT2D eigenvalue weighted by Gasteiger charge is -2.22. The van der Waals surface area contributed by atoms with E-state index in [4.69, 9.17) is 10.5 Å². The van der Waals surface area contributed by atoms with Crippen LogP contribution in [0, 0.1) is 0 Å². The Morgan fingerprint density at radius 3 is 2.78 bits per heavy atom. The molecule has 0 atom stereocenters. The van der Waals surface area contributed by atoms with Gasteiger partial charge in [-0.05, 0) is 19.8 Å². The quantitative estimate of drug-likeness (QED) is 0.462. The number of carbonyl (C=O) groups is 2. The Bertz CT molecular complexity index is 562. The number of rotatable bonds is 6. The van der Waals surface area contributed by atoms with Gasteiger partial charge in [0.05, 0.1) is 12.4 Å². The van der Waals surface area contributed by atoms with Gasteiger partial charge < -0.3 is 15.8 Å². The van der Waals surface area contributed by atoms with Crippen LogP contribution in [0.3, 0.4) is 0 Å². The van der Waals surface area contributed by atoms with Gasteiger partial charge in [0.2, 0.25) is 5.91 Å². The average Bonchev–Trinajstić information content (AvgIpc) is 2.54. The average molecular weight is 338 g/mol. The molecule has 1 aromatic heterocycles. The maximum atomic E-state index is 11.9. The maximum Gasteiger partial charge on any atom is 0.343 e. The molecule has 8 heteroatoms. The Hall–Kier alpha value is -1.83. The van der Waals surface area contributed by atoms with Crippen molar-refractivity contribution in [3.8, 4) is 0 Å². The molecule has 23 heavy (non-hydrogen) atoms. The first-order valence-corrected chi connectivity index (χ1v) is 8.80. The Morgan fingerprint density at radius 1 is 1.39 bits per heavy atom. The highest BCUT2D eigenvalue weighted by Crippen LogP contribution is 2.19. The van der Waals surface area contributed by atoms with Gasteiger partial charge in [0.15, 0.2) is 5.16 Å². The standard InChI is InChI=1S/C15H22N4O3S/c1-2-22-14(21)11-8-17-15(19-13(11)16)23-9-12(20)18-10-6-4-3-5-7-10/h8,10H,2-7,9H2,1H3,(H,18,20)(H2,16,17,19). The summed E-state index contributed by atoms with van der Waals surface area (Å²) in [5.41, 5.74) is 5.88. The lowest BCUT2D eigenvalue weighted by atomic mass is 9.95. The number of nitrogens with zero attached hydrogens (tertiary/aromatic N) is 2. The lowest BCUT2D eigenvalue weighted by Crippen LogP contribution is -2.37. The van der Waals surface area contributed by atoms with E-state index in [1.807, 2.05) is 0 Å². The first-order chi connectivity index (χ1) is 11.1. The predicted molar refractivity (Wildman–Crippen MR) is 88.1 cm³/mol. The lowest BCUT2D eigenvalue weighted by molar-refractivity contribution is -0.119. The third kappa shape index (κ3) is 5.38. The molecule has 1 amide bonds. The van der Waals surface area contributed by atoms with Crippen molar-refractivity contribution in [3.63, 3.8) is 0 Å². The summed E-state index contributed by atoms with van der Waals surface area (Å²) < 4.78 is 4.86. The molecule has 0 radical (unpaired) electrons. The summed E-state index contributed by atoms with van der Waals surface area (Å²) in [4.78, 5) is 31.6. The summed E-state index contributed by atoms with van der Waals surface area (Å²) in [6, 6.07) is 0.286. The Labute approximate surface area is 139 Å². The summed E-state index contributed by atoms with van der Waals surface area (Å²) in [5.74, 6) is -0.280. The second-order valence-corrected chi connectivity index (χ2v) is 6.31. The molecule has 3 N–H and O–H groups in total. The number of nitrogen functional groups attached to an aromatic ring is 1. The summed E-state index contributed by atoms with van der Waals surface area (Å²) in [6.45, 7) is 1.97. The molecule has 0 spiro atoms. The van der Waals surface area contributed by atoms with Crippen molar-refractivity contribution in [1.29, 1.82) is 0 Å². The van der Waals surface area contributed by atoms with Gasteiger partial charge in [0.25, 0.3) is 0 Å². The molecule has 2 rings (SSSR count). The first kappa shape index (κ1) is 17.5. The molecule has 0 bridgehead atoms. The van der Waals surface area contributed by atoms with Crippen LogP contribution in [0.15, 0.2) is 11.4 Å². The second-order valence-electron chi connectivity index (χ2n) is 5.36. The molecule has 0 unspecified atom stereocenters. The minimum Gasteiger partial charge on any atom is -0.462 e. The molecule has 0 aromatic carbocycles. The van der Waals surface area contributed by atoms with Gasteiger partial charge in [0.1, 0.15) is 11.4 Å². The largest absolute Gasteiger partial charge is 0.462 e. The minimum atomic E-state index is -0.545. The molecular weight excluding hydrogens is 316 g/mol. The van der Waals surface area contributed by atoms with Gasteiger partial charge in [-0.2, -0.15) is 0 Å². The normalized spacial score (nSPS) is 15.2. The van der Waals surface area contributed by atoms with Crippen LogP contribution in [0.1, 0.15) is 49.4 Å². The number of carbonyl (C=O) groups excluding carboxylic acids is 2. The molecule has 0 saturated heterocycles. The molecule has 7 nitrogen and oxygen atoms in total. The molecule has 1 heterocycles. The van der Waals surface area contributed by atoms with Crippen LogP contribution < -0.4 is 11.1 Å². The van der Waals surface area contributed by atoms with Gasteiger partial charge in [-0.25, -0.2) is 14.8 Å². The number of ether oxygens (including phenoxy) is 1. The number of thioether (sulfide) groups is 1. The highest BCUT2D eigenvalue weighted by atomic mass is 32.2.